The summed E-state index contributed by atoms with van der Waals surface area (Å²) >= 11 is 5.94. The van der Waals surface area contributed by atoms with Crippen LogP contribution in [0.25, 0.3) is 0 Å². The molecule has 1 fully saturated rings. The molecule has 0 saturated carbocycles. The van der Waals surface area contributed by atoms with E-state index in [4.69, 9.17) is 16.3 Å². The third-order valence-corrected chi connectivity index (χ3v) is 5.09. The number of rotatable bonds is 5. The van der Waals surface area contributed by atoms with Crippen LogP contribution >= 0.6 is 24.0 Å². The van der Waals surface area contributed by atoms with Gasteiger partial charge in [-0.1, -0.05) is 48.4 Å². The zero-order valence-corrected chi connectivity index (χ0v) is 16.6. The number of hydrogen-bond donors (Lipinski definition) is 0. The van der Waals surface area contributed by atoms with Gasteiger partial charge in [0.1, 0.15) is 6.61 Å². The Morgan fingerprint density at radius 2 is 1.92 bits per heavy atom. The predicted molar refractivity (Wildman–Crippen MR) is 108 cm³/mol. The van der Waals surface area contributed by atoms with E-state index in [2.05, 4.69) is 17.9 Å². The van der Waals surface area contributed by atoms with Crippen molar-refractivity contribution in [1.29, 1.82) is 0 Å². The van der Waals surface area contributed by atoms with Crippen molar-refractivity contribution >= 4 is 30.0 Å². The average Bonchev–Trinajstić information content (AvgIpc) is 2.62. The summed E-state index contributed by atoms with van der Waals surface area (Å²) in [4.78, 5) is 14.7. The van der Waals surface area contributed by atoms with Crippen LogP contribution in [0.15, 0.2) is 48.5 Å². The van der Waals surface area contributed by atoms with Gasteiger partial charge < -0.3 is 4.74 Å². The Hall–Kier alpha value is -1.55. The fourth-order valence-electron chi connectivity index (χ4n) is 3.31. The summed E-state index contributed by atoms with van der Waals surface area (Å²) in [6, 6.07) is 15.7. The Morgan fingerprint density at radius 1 is 1.15 bits per heavy atom. The first-order valence-electron chi connectivity index (χ1n) is 8.87. The van der Waals surface area contributed by atoms with Crippen LogP contribution in [0.2, 0.25) is 5.02 Å². The lowest BCUT2D eigenvalue weighted by molar-refractivity contribution is 0.0470. The second-order valence-corrected chi connectivity index (χ2v) is 7.11. The van der Waals surface area contributed by atoms with E-state index in [9.17, 15) is 4.79 Å². The molecule has 0 N–H and O–H groups in total. The van der Waals surface area contributed by atoms with Crippen molar-refractivity contribution in [2.45, 2.75) is 45.4 Å². The summed E-state index contributed by atoms with van der Waals surface area (Å²) in [5.41, 5.74) is 2.78. The maximum atomic E-state index is 12.2. The van der Waals surface area contributed by atoms with Gasteiger partial charge in [0.05, 0.1) is 5.56 Å². The van der Waals surface area contributed by atoms with Crippen LogP contribution in [0.4, 0.5) is 0 Å². The van der Waals surface area contributed by atoms with E-state index in [1.807, 2.05) is 18.2 Å². The van der Waals surface area contributed by atoms with Gasteiger partial charge in [0.2, 0.25) is 0 Å². The van der Waals surface area contributed by atoms with Gasteiger partial charge in [0.15, 0.2) is 0 Å². The number of hydrogen-bond acceptors (Lipinski definition) is 3. The van der Waals surface area contributed by atoms with Gasteiger partial charge in [-0.05, 0) is 55.6 Å². The highest BCUT2D eigenvalue weighted by atomic mass is 35.5. The Morgan fingerprint density at radius 3 is 2.65 bits per heavy atom. The summed E-state index contributed by atoms with van der Waals surface area (Å²) < 4.78 is 5.51. The van der Waals surface area contributed by atoms with Crippen LogP contribution in [0.1, 0.15) is 47.7 Å². The second-order valence-electron chi connectivity index (χ2n) is 6.67. The topological polar surface area (TPSA) is 29.5 Å². The number of piperidine rings is 1. The smallest absolute Gasteiger partial charge is 0.338 e. The minimum absolute atomic E-state index is 0. The molecule has 0 bridgehead atoms. The van der Waals surface area contributed by atoms with Gasteiger partial charge in [0, 0.05) is 17.6 Å². The summed E-state index contributed by atoms with van der Waals surface area (Å²) in [5, 5.41) is 0.536. The van der Waals surface area contributed by atoms with Gasteiger partial charge in [-0.3, -0.25) is 4.90 Å². The molecule has 26 heavy (non-hydrogen) atoms. The third kappa shape index (κ3) is 5.47. The Balaban J connectivity index is 0.00000243. The Kier molecular flexibility index (Phi) is 7.95. The first kappa shape index (κ1) is 20.8. The molecule has 1 unspecified atom stereocenters. The van der Waals surface area contributed by atoms with Crippen molar-refractivity contribution in [3.05, 3.63) is 70.2 Å². The zero-order chi connectivity index (χ0) is 17.6. The van der Waals surface area contributed by atoms with E-state index in [1.165, 1.54) is 24.8 Å². The lowest BCUT2D eigenvalue weighted by Gasteiger charge is -2.33. The van der Waals surface area contributed by atoms with Crippen molar-refractivity contribution in [2.24, 2.45) is 0 Å². The highest BCUT2D eigenvalue weighted by molar-refractivity contribution is 6.30. The molecule has 5 heteroatoms. The number of esters is 1. The van der Waals surface area contributed by atoms with Crippen LogP contribution in [0, 0.1) is 0 Å². The number of halogens is 2. The molecule has 0 aliphatic carbocycles. The van der Waals surface area contributed by atoms with E-state index < -0.39 is 0 Å². The number of benzene rings is 2. The molecular formula is C21H25Cl2NO2. The second kappa shape index (κ2) is 9.96. The number of likely N-dealkylation sites (tertiary alicyclic amines) is 1. The number of carbonyl (C=O) groups excluding carboxylic acids is 1. The molecule has 2 aromatic rings. The van der Waals surface area contributed by atoms with E-state index in [1.54, 1.807) is 24.3 Å². The fourth-order valence-corrected chi connectivity index (χ4v) is 3.50. The lowest BCUT2D eigenvalue weighted by Crippen LogP contribution is -2.37. The van der Waals surface area contributed by atoms with Crippen molar-refractivity contribution < 1.29 is 9.53 Å². The monoisotopic (exact) mass is 393 g/mol. The van der Waals surface area contributed by atoms with Crippen LogP contribution in [0.3, 0.4) is 0 Å². The van der Waals surface area contributed by atoms with Crippen molar-refractivity contribution in [1.82, 2.24) is 4.90 Å². The summed E-state index contributed by atoms with van der Waals surface area (Å²) in [5.74, 6) is -0.344. The first-order chi connectivity index (χ1) is 12.1. The van der Waals surface area contributed by atoms with Crippen LogP contribution < -0.4 is 0 Å². The summed E-state index contributed by atoms with van der Waals surface area (Å²) in [6.45, 7) is 4.62. The van der Waals surface area contributed by atoms with Crippen LogP contribution in [-0.2, 0) is 17.9 Å². The quantitative estimate of drug-likeness (QED) is 0.628. The molecule has 0 radical (unpaired) electrons. The van der Waals surface area contributed by atoms with Gasteiger partial charge in [0.25, 0.3) is 0 Å². The van der Waals surface area contributed by atoms with E-state index in [0.717, 1.165) is 18.7 Å². The standard InChI is InChI=1S/C21H24ClNO2.ClH/c1-16-7-4-5-12-23(16)14-18-8-2-3-9-19(18)15-25-21(24)17-10-6-11-20(22)13-17;/h2-3,6,8-11,13,16H,4-5,7,12,14-15H2,1H3;1H. The predicted octanol–water partition coefficient (Wildman–Crippen LogP) is 5.49. The molecule has 0 aromatic heterocycles. The molecule has 3 nitrogen and oxygen atoms in total. The Bertz CT molecular complexity index is 735. The highest BCUT2D eigenvalue weighted by Gasteiger charge is 2.19. The average molecular weight is 394 g/mol. The van der Waals surface area contributed by atoms with Crippen molar-refractivity contribution in [2.75, 3.05) is 6.54 Å². The van der Waals surface area contributed by atoms with Crippen LogP contribution in [-0.4, -0.2) is 23.5 Å². The zero-order valence-electron chi connectivity index (χ0n) is 15.0. The maximum absolute atomic E-state index is 12.2. The van der Waals surface area contributed by atoms with E-state index in [0.29, 0.717) is 16.6 Å². The van der Waals surface area contributed by atoms with E-state index >= 15 is 0 Å². The minimum Gasteiger partial charge on any atom is -0.457 e. The molecule has 1 aliphatic heterocycles. The molecule has 0 amide bonds. The van der Waals surface area contributed by atoms with E-state index in [-0.39, 0.29) is 25.0 Å². The summed E-state index contributed by atoms with van der Waals surface area (Å²) in [7, 11) is 0. The largest absolute Gasteiger partial charge is 0.457 e. The molecule has 3 rings (SSSR count). The minimum atomic E-state index is -0.344. The molecule has 1 heterocycles. The van der Waals surface area contributed by atoms with Gasteiger partial charge in [-0.25, -0.2) is 4.79 Å². The molecule has 2 aromatic carbocycles. The van der Waals surface area contributed by atoms with Gasteiger partial charge >= 0.3 is 5.97 Å². The molecule has 140 valence electrons. The molecular weight excluding hydrogens is 369 g/mol. The molecule has 0 spiro atoms. The molecule has 1 saturated heterocycles. The van der Waals surface area contributed by atoms with Gasteiger partial charge in [-0.15, -0.1) is 12.4 Å². The molecule has 1 aliphatic rings. The third-order valence-electron chi connectivity index (χ3n) is 4.85. The fraction of sp³-hybridized carbons (Fsp3) is 0.381. The number of carbonyl (C=O) groups is 1. The lowest BCUT2D eigenvalue weighted by atomic mass is 10.0. The number of nitrogens with zero attached hydrogens (tertiary/aromatic N) is 1. The normalized spacial score (nSPS) is 17.4. The number of ether oxygens (including phenoxy) is 1. The van der Waals surface area contributed by atoms with Crippen LogP contribution in [0.5, 0.6) is 0 Å². The Labute approximate surface area is 166 Å². The van der Waals surface area contributed by atoms with Crippen molar-refractivity contribution in [3.63, 3.8) is 0 Å². The highest BCUT2D eigenvalue weighted by Crippen LogP contribution is 2.21. The first-order valence-corrected chi connectivity index (χ1v) is 9.25. The maximum Gasteiger partial charge on any atom is 0.338 e. The van der Waals surface area contributed by atoms with Gasteiger partial charge in [-0.2, -0.15) is 0 Å². The summed E-state index contributed by atoms with van der Waals surface area (Å²) in [6.07, 6.45) is 3.83. The van der Waals surface area contributed by atoms with Crippen molar-refractivity contribution in [3.8, 4) is 0 Å². The SMILES string of the molecule is CC1CCCCN1Cc1ccccc1COC(=O)c1cccc(Cl)c1.Cl. The molecule has 1 atom stereocenters.